The summed E-state index contributed by atoms with van der Waals surface area (Å²) < 4.78 is 37.6. The fourth-order valence-corrected chi connectivity index (χ4v) is 3.70. The number of hydrogen-bond donors (Lipinski definition) is 1. The summed E-state index contributed by atoms with van der Waals surface area (Å²) in [6.45, 7) is 2.81. The highest BCUT2D eigenvalue weighted by Gasteiger charge is 2.27. The van der Waals surface area contributed by atoms with E-state index in [-0.39, 0.29) is 11.7 Å². The molecule has 0 spiro atoms. The third-order valence-electron chi connectivity index (χ3n) is 4.13. The second-order valence-corrected chi connectivity index (χ2v) is 7.99. The topological polar surface area (TPSA) is 66.5 Å². The van der Waals surface area contributed by atoms with Gasteiger partial charge >= 0.3 is 0 Å². The fraction of sp³-hybridized carbons (Fsp3) is 0.562. The average Bonchev–Trinajstić information content (AvgIpc) is 2.48. The van der Waals surface area contributed by atoms with E-state index in [1.807, 2.05) is 0 Å². The van der Waals surface area contributed by atoms with Crippen molar-refractivity contribution in [1.29, 1.82) is 0 Å². The molecule has 7 heteroatoms. The molecule has 1 atom stereocenters. The average molecular weight is 342 g/mol. The molecule has 0 saturated carbocycles. The van der Waals surface area contributed by atoms with Crippen molar-refractivity contribution >= 4 is 15.9 Å². The minimum atomic E-state index is -3.39. The zero-order valence-electron chi connectivity index (χ0n) is 13.5. The predicted molar refractivity (Wildman–Crippen MR) is 86.8 cm³/mol. The Hall–Kier alpha value is -1.47. The summed E-state index contributed by atoms with van der Waals surface area (Å²) in [4.78, 5) is 13.9. The molecule has 1 aliphatic heterocycles. The van der Waals surface area contributed by atoms with Gasteiger partial charge in [-0.1, -0.05) is 12.1 Å². The molecule has 5 nitrogen and oxygen atoms in total. The third kappa shape index (κ3) is 5.58. The molecule has 1 aliphatic rings. The van der Waals surface area contributed by atoms with E-state index >= 15 is 0 Å². The van der Waals surface area contributed by atoms with Crippen LogP contribution in [-0.2, 0) is 21.2 Å². The van der Waals surface area contributed by atoms with Crippen LogP contribution in [0.25, 0.3) is 0 Å². The molecule has 0 radical (unpaired) electrons. The van der Waals surface area contributed by atoms with Crippen LogP contribution >= 0.6 is 0 Å². The molecule has 128 valence electrons. The molecule has 0 bridgehead atoms. The first kappa shape index (κ1) is 17.9. The summed E-state index contributed by atoms with van der Waals surface area (Å²) in [5.41, 5.74) is 1.10. The highest BCUT2D eigenvalue weighted by Crippen LogP contribution is 2.22. The fourth-order valence-electron chi connectivity index (χ4n) is 2.96. The van der Waals surface area contributed by atoms with Gasteiger partial charge in [-0.15, -0.1) is 0 Å². The van der Waals surface area contributed by atoms with Gasteiger partial charge in [0.15, 0.2) is 0 Å². The van der Waals surface area contributed by atoms with E-state index in [1.165, 1.54) is 12.1 Å². The van der Waals surface area contributed by atoms with E-state index in [1.54, 1.807) is 24.0 Å². The van der Waals surface area contributed by atoms with Crippen molar-refractivity contribution in [2.24, 2.45) is 5.92 Å². The van der Waals surface area contributed by atoms with Crippen molar-refractivity contribution in [1.82, 2.24) is 9.62 Å². The van der Waals surface area contributed by atoms with Gasteiger partial charge in [0.2, 0.25) is 15.9 Å². The van der Waals surface area contributed by atoms with E-state index in [4.69, 9.17) is 0 Å². The Bertz CT molecular complexity index is 638. The summed E-state index contributed by atoms with van der Waals surface area (Å²) in [5, 5.41) is 0. The molecule has 0 aliphatic carbocycles. The minimum Gasteiger partial charge on any atom is -0.341 e. The maximum atomic E-state index is 12.9. The number of halogens is 1. The Balaban J connectivity index is 1.83. The molecular formula is C16H23FN2O3S. The minimum absolute atomic E-state index is 0.185. The molecule has 1 unspecified atom stereocenters. The van der Waals surface area contributed by atoms with Crippen molar-refractivity contribution in [3.8, 4) is 0 Å². The normalized spacial score (nSPS) is 18.0. The molecule has 1 aromatic carbocycles. The van der Waals surface area contributed by atoms with Gasteiger partial charge in [0, 0.05) is 13.1 Å². The van der Waals surface area contributed by atoms with Crippen LogP contribution in [0.15, 0.2) is 24.3 Å². The standard InChI is InChI=1S/C16H23FN2O3S/c1-12(18-23(2,21)22)16(20)19-9-7-14(8-10-19)11-13-3-5-15(17)6-4-13/h3-6,12,14,18H,7-11H2,1-2H3. The number of carbonyl (C=O) groups is 1. The molecule has 1 amide bonds. The van der Waals surface area contributed by atoms with E-state index < -0.39 is 16.1 Å². The van der Waals surface area contributed by atoms with Crippen LogP contribution in [0.5, 0.6) is 0 Å². The largest absolute Gasteiger partial charge is 0.341 e. The van der Waals surface area contributed by atoms with Gasteiger partial charge in [-0.25, -0.2) is 17.5 Å². The summed E-state index contributed by atoms with van der Waals surface area (Å²) in [7, 11) is -3.39. The zero-order valence-corrected chi connectivity index (χ0v) is 14.3. The molecule has 1 heterocycles. The number of likely N-dealkylation sites (tertiary alicyclic amines) is 1. The monoisotopic (exact) mass is 342 g/mol. The lowest BCUT2D eigenvalue weighted by Gasteiger charge is -2.33. The molecule has 1 N–H and O–H groups in total. The van der Waals surface area contributed by atoms with Crippen molar-refractivity contribution in [2.45, 2.75) is 32.2 Å². The smallest absolute Gasteiger partial charge is 0.240 e. The maximum Gasteiger partial charge on any atom is 0.240 e. The number of nitrogens with zero attached hydrogens (tertiary/aromatic N) is 1. The van der Waals surface area contributed by atoms with Crippen molar-refractivity contribution < 1.29 is 17.6 Å². The Labute approximate surface area is 136 Å². The van der Waals surface area contributed by atoms with Crippen molar-refractivity contribution in [3.05, 3.63) is 35.6 Å². The number of amides is 1. The molecule has 1 saturated heterocycles. The number of nitrogens with one attached hydrogen (secondary N) is 1. The van der Waals surface area contributed by atoms with Crippen LogP contribution in [0.1, 0.15) is 25.3 Å². The van der Waals surface area contributed by atoms with Crippen LogP contribution in [0, 0.1) is 11.7 Å². The highest BCUT2D eigenvalue weighted by molar-refractivity contribution is 7.88. The number of sulfonamides is 1. The van der Waals surface area contributed by atoms with E-state index in [2.05, 4.69) is 4.72 Å². The molecular weight excluding hydrogens is 319 g/mol. The Morgan fingerprint density at radius 2 is 1.87 bits per heavy atom. The molecule has 1 fully saturated rings. The van der Waals surface area contributed by atoms with Crippen LogP contribution in [0.3, 0.4) is 0 Å². The van der Waals surface area contributed by atoms with Gasteiger partial charge < -0.3 is 4.90 Å². The first-order valence-electron chi connectivity index (χ1n) is 7.75. The lowest BCUT2D eigenvalue weighted by Crippen LogP contribution is -2.49. The first-order valence-corrected chi connectivity index (χ1v) is 9.64. The number of hydrogen-bond acceptors (Lipinski definition) is 3. The lowest BCUT2D eigenvalue weighted by atomic mass is 9.90. The van der Waals surface area contributed by atoms with Gasteiger partial charge in [0.05, 0.1) is 12.3 Å². The number of rotatable bonds is 5. The van der Waals surface area contributed by atoms with Crippen LogP contribution in [-0.4, -0.2) is 44.6 Å². The summed E-state index contributed by atoms with van der Waals surface area (Å²) >= 11 is 0. The Morgan fingerprint density at radius 1 is 1.30 bits per heavy atom. The van der Waals surface area contributed by atoms with E-state index in [0.29, 0.717) is 19.0 Å². The van der Waals surface area contributed by atoms with E-state index in [0.717, 1.165) is 31.1 Å². The number of piperidine rings is 1. The van der Waals surface area contributed by atoms with Gasteiger partial charge in [-0.2, -0.15) is 0 Å². The zero-order chi connectivity index (χ0) is 17.0. The third-order valence-corrected chi connectivity index (χ3v) is 4.91. The second kappa shape index (κ2) is 7.40. The molecule has 23 heavy (non-hydrogen) atoms. The van der Waals surface area contributed by atoms with Crippen LogP contribution in [0.4, 0.5) is 4.39 Å². The Kier molecular flexibility index (Phi) is 5.75. The molecule has 0 aromatic heterocycles. The lowest BCUT2D eigenvalue weighted by molar-refractivity contribution is -0.133. The summed E-state index contributed by atoms with van der Waals surface area (Å²) in [6.07, 6.45) is 3.66. The van der Waals surface area contributed by atoms with Crippen LogP contribution < -0.4 is 4.72 Å². The van der Waals surface area contributed by atoms with Gasteiger partial charge in [-0.05, 0) is 49.8 Å². The van der Waals surface area contributed by atoms with E-state index in [9.17, 15) is 17.6 Å². The molecule has 1 aromatic rings. The highest BCUT2D eigenvalue weighted by atomic mass is 32.2. The van der Waals surface area contributed by atoms with Gasteiger partial charge in [0.25, 0.3) is 0 Å². The predicted octanol–water partition coefficient (Wildman–Crippen LogP) is 1.54. The molecule has 2 rings (SSSR count). The second-order valence-electron chi connectivity index (χ2n) is 6.21. The van der Waals surface area contributed by atoms with Crippen molar-refractivity contribution in [3.63, 3.8) is 0 Å². The summed E-state index contributed by atoms with van der Waals surface area (Å²) in [6, 6.07) is 5.79. The number of carbonyl (C=O) groups excluding carboxylic acids is 1. The van der Waals surface area contributed by atoms with Crippen LogP contribution in [0.2, 0.25) is 0 Å². The maximum absolute atomic E-state index is 12.9. The van der Waals surface area contributed by atoms with Gasteiger partial charge in [0.1, 0.15) is 5.82 Å². The van der Waals surface area contributed by atoms with Crippen molar-refractivity contribution in [2.75, 3.05) is 19.3 Å². The SMILES string of the molecule is CC(NS(C)(=O)=O)C(=O)N1CCC(Cc2ccc(F)cc2)CC1. The van der Waals surface area contributed by atoms with Gasteiger partial charge in [-0.3, -0.25) is 4.79 Å². The number of benzene rings is 1. The quantitative estimate of drug-likeness (QED) is 0.883. The first-order chi connectivity index (χ1) is 10.7. The Morgan fingerprint density at radius 3 is 2.39 bits per heavy atom. The summed E-state index contributed by atoms with van der Waals surface area (Å²) in [5.74, 6) is 0.0415.